The number of benzene rings is 1. The molecule has 0 saturated carbocycles. The molecule has 0 aliphatic heterocycles. The average Bonchev–Trinajstić information content (AvgIpc) is 2.54. The fourth-order valence-electron chi connectivity index (χ4n) is 2.72. The topological polar surface area (TPSA) is 41.6 Å². The van der Waals surface area contributed by atoms with Gasteiger partial charge < -0.3 is 15.0 Å². The van der Waals surface area contributed by atoms with E-state index in [1.165, 1.54) is 12.8 Å². The van der Waals surface area contributed by atoms with Gasteiger partial charge in [-0.15, -0.1) is 0 Å². The standard InChI is InChI=1S/C19H32N2O2/c1-4-11-21(12-5-2)13-7-10-19(22)20-15-17-8-6-9-18(14-17)16-23-3/h6,8-9,14H,4-5,7,10-13,15-16H2,1-3H3,(H,20,22). The van der Waals surface area contributed by atoms with E-state index in [0.29, 0.717) is 19.6 Å². The minimum Gasteiger partial charge on any atom is -0.380 e. The third kappa shape index (κ3) is 8.72. The molecule has 0 saturated heterocycles. The molecule has 1 amide bonds. The second kappa shape index (κ2) is 12.1. The van der Waals surface area contributed by atoms with Crippen molar-refractivity contribution in [3.05, 3.63) is 35.4 Å². The summed E-state index contributed by atoms with van der Waals surface area (Å²) in [5.74, 6) is 0.134. The third-order valence-corrected chi connectivity index (χ3v) is 3.75. The van der Waals surface area contributed by atoms with Crippen LogP contribution in [0.3, 0.4) is 0 Å². The quantitative estimate of drug-likeness (QED) is 0.642. The van der Waals surface area contributed by atoms with Crippen LogP contribution in [0.15, 0.2) is 24.3 Å². The Morgan fingerprint density at radius 1 is 1.13 bits per heavy atom. The summed E-state index contributed by atoms with van der Waals surface area (Å²) in [6.45, 7) is 8.86. The third-order valence-electron chi connectivity index (χ3n) is 3.75. The molecule has 1 rings (SSSR count). The highest BCUT2D eigenvalue weighted by molar-refractivity contribution is 5.75. The van der Waals surface area contributed by atoms with Crippen LogP contribution in [0.5, 0.6) is 0 Å². The lowest BCUT2D eigenvalue weighted by Gasteiger charge is -2.20. The van der Waals surface area contributed by atoms with Gasteiger partial charge in [0.15, 0.2) is 0 Å². The van der Waals surface area contributed by atoms with E-state index in [0.717, 1.165) is 37.2 Å². The monoisotopic (exact) mass is 320 g/mol. The van der Waals surface area contributed by atoms with Gasteiger partial charge in [0.25, 0.3) is 0 Å². The average molecular weight is 320 g/mol. The number of nitrogens with one attached hydrogen (secondary N) is 1. The van der Waals surface area contributed by atoms with Crippen LogP contribution in [0.1, 0.15) is 50.7 Å². The maximum Gasteiger partial charge on any atom is 0.220 e. The first kappa shape index (κ1) is 19.7. The zero-order chi connectivity index (χ0) is 16.9. The molecule has 130 valence electrons. The van der Waals surface area contributed by atoms with Crippen LogP contribution < -0.4 is 5.32 Å². The molecule has 0 unspecified atom stereocenters. The molecule has 0 aromatic heterocycles. The normalized spacial score (nSPS) is 11.0. The van der Waals surface area contributed by atoms with E-state index in [-0.39, 0.29) is 5.91 Å². The number of ether oxygens (including phenoxy) is 1. The van der Waals surface area contributed by atoms with E-state index in [9.17, 15) is 4.79 Å². The minimum absolute atomic E-state index is 0.134. The van der Waals surface area contributed by atoms with Gasteiger partial charge in [-0.25, -0.2) is 0 Å². The Hall–Kier alpha value is -1.39. The van der Waals surface area contributed by atoms with E-state index in [1.54, 1.807) is 7.11 Å². The van der Waals surface area contributed by atoms with Crippen LogP contribution in [0.4, 0.5) is 0 Å². The lowest BCUT2D eigenvalue weighted by atomic mass is 10.1. The van der Waals surface area contributed by atoms with E-state index in [4.69, 9.17) is 4.74 Å². The van der Waals surface area contributed by atoms with Gasteiger partial charge in [-0.1, -0.05) is 38.1 Å². The number of hydrogen-bond donors (Lipinski definition) is 1. The highest BCUT2D eigenvalue weighted by atomic mass is 16.5. The van der Waals surface area contributed by atoms with Crippen molar-refractivity contribution in [3.8, 4) is 0 Å². The maximum atomic E-state index is 12.0. The number of carbonyl (C=O) groups is 1. The number of amides is 1. The number of methoxy groups -OCH3 is 1. The van der Waals surface area contributed by atoms with Gasteiger partial charge in [-0.2, -0.15) is 0 Å². The van der Waals surface area contributed by atoms with E-state index < -0.39 is 0 Å². The molecule has 0 fully saturated rings. The molecule has 1 aromatic carbocycles. The number of hydrogen-bond acceptors (Lipinski definition) is 3. The predicted octanol–water partition coefficient (Wildman–Crippen LogP) is 3.35. The molecule has 1 aromatic rings. The fraction of sp³-hybridized carbons (Fsp3) is 0.632. The molecule has 0 atom stereocenters. The summed E-state index contributed by atoms with van der Waals surface area (Å²) in [6.07, 6.45) is 3.87. The Balaban J connectivity index is 2.27. The van der Waals surface area contributed by atoms with Crippen LogP contribution in [0, 0.1) is 0 Å². The Kier molecular flexibility index (Phi) is 10.3. The van der Waals surface area contributed by atoms with Crippen LogP contribution in [-0.2, 0) is 22.7 Å². The Bertz CT molecular complexity index is 443. The molecular weight excluding hydrogens is 288 g/mol. The van der Waals surface area contributed by atoms with Gasteiger partial charge in [0.1, 0.15) is 0 Å². The molecule has 0 aliphatic rings. The Morgan fingerprint density at radius 2 is 1.83 bits per heavy atom. The van der Waals surface area contributed by atoms with Crippen LogP contribution in [0.25, 0.3) is 0 Å². The first-order valence-electron chi connectivity index (χ1n) is 8.75. The number of carbonyl (C=O) groups excluding carboxylic acids is 1. The van der Waals surface area contributed by atoms with Gasteiger partial charge in [0, 0.05) is 20.1 Å². The number of rotatable bonds is 12. The van der Waals surface area contributed by atoms with Crippen molar-refractivity contribution < 1.29 is 9.53 Å². The van der Waals surface area contributed by atoms with Gasteiger partial charge in [-0.05, 0) is 50.0 Å². The van der Waals surface area contributed by atoms with Crippen molar-refractivity contribution >= 4 is 5.91 Å². The lowest BCUT2D eigenvalue weighted by molar-refractivity contribution is -0.121. The SMILES string of the molecule is CCCN(CCC)CCCC(=O)NCc1cccc(COC)c1. The molecule has 0 spiro atoms. The molecule has 1 N–H and O–H groups in total. The highest BCUT2D eigenvalue weighted by Gasteiger charge is 2.06. The molecule has 0 radical (unpaired) electrons. The molecule has 0 heterocycles. The largest absolute Gasteiger partial charge is 0.380 e. The maximum absolute atomic E-state index is 12.0. The molecule has 0 bridgehead atoms. The zero-order valence-electron chi connectivity index (χ0n) is 14.9. The zero-order valence-corrected chi connectivity index (χ0v) is 14.9. The van der Waals surface area contributed by atoms with Crippen molar-refractivity contribution in [2.75, 3.05) is 26.7 Å². The van der Waals surface area contributed by atoms with E-state index >= 15 is 0 Å². The molecule has 4 heteroatoms. The van der Waals surface area contributed by atoms with Crippen LogP contribution in [0.2, 0.25) is 0 Å². The van der Waals surface area contributed by atoms with Crippen molar-refractivity contribution in [2.24, 2.45) is 0 Å². The molecule has 4 nitrogen and oxygen atoms in total. The summed E-state index contributed by atoms with van der Waals surface area (Å²) in [5, 5.41) is 3.01. The minimum atomic E-state index is 0.134. The summed E-state index contributed by atoms with van der Waals surface area (Å²) >= 11 is 0. The van der Waals surface area contributed by atoms with Gasteiger partial charge >= 0.3 is 0 Å². The summed E-state index contributed by atoms with van der Waals surface area (Å²) in [5.41, 5.74) is 2.25. The summed E-state index contributed by atoms with van der Waals surface area (Å²) in [6, 6.07) is 8.14. The summed E-state index contributed by atoms with van der Waals surface area (Å²) in [7, 11) is 1.69. The van der Waals surface area contributed by atoms with Crippen LogP contribution >= 0.6 is 0 Å². The Labute approximate surface area is 141 Å². The van der Waals surface area contributed by atoms with Crippen LogP contribution in [-0.4, -0.2) is 37.6 Å². The van der Waals surface area contributed by atoms with E-state index in [1.807, 2.05) is 18.2 Å². The smallest absolute Gasteiger partial charge is 0.220 e. The number of nitrogens with zero attached hydrogens (tertiary/aromatic N) is 1. The summed E-state index contributed by atoms with van der Waals surface area (Å²) in [4.78, 5) is 14.4. The molecule has 0 aliphatic carbocycles. The molecular formula is C19H32N2O2. The molecule has 23 heavy (non-hydrogen) atoms. The Morgan fingerprint density at radius 3 is 2.48 bits per heavy atom. The van der Waals surface area contributed by atoms with Crippen molar-refractivity contribution in [2.45, 2.75) is 52.7 Å². The second-order valence-corrected chi connectivity index (χ2v) is 5.97. The summed E-state index contributed by atoms with van der Waals surface area (Å²) < 4.78 is 5.13. The van der Waals surface area contributed by atoms with Gasteiger partial charge in [-0.3, -0.25) is 4.79 Å². The highest BCUT2D eigenvalue weighted by Crippen LogP contribution is 2.06. The van der Waals surface area contributed by atoms with Crippen molar-refractivity contribution in [1.29, 1.82) is 0 Å². The first-order valence-corrected chi connectivity index (χ1v) is 8.75. The van der Waals surface area contributed by atoms with Gasteiger partial charge in [0.2, 0.25) is 5.91 Å². The van der Waals surface area contributed by atoms with Gasteiger partial charge in [0.05, 0.1) is 6.61 Å². The lowest BCUT2D eigenvalue weighted by Crippen LogP contribution is -2.28. The van der Waals surface area contributed by atoms with Crippen molar-refractivity contribution in [1.82, 2.24) is 10.2 Å². The first-order chi connectivity index (χ1) is 11.2. The predicted molar refractivity (Wildman–Crippen MR) is 95.3 cm³/mol. The van der Waals surface area contributed by atoms with E-state index in [2.05, 4.69) is 30.1 Å². The second-order valence-electron chi connectivity index (χ2n) is 5.97. The van der Waals surface area contributed by atoms with Crippen molar-refractivity contribution in [3.63, 3.8) is 0 Å². The fourth-order valence-corrected chi connectivity index (χ4v) is 2.72.